The van der Waals surface area contributed by atoms with Crippen LogP contribution in [0.2, 0.25) is 0 Å². The molecule has 0 bridgehead atoms. The summed E-state index contributed by atoms with van der Waals surface area (Å²) in [6.07, 6.45) is 11.5. The van der Waals surface area contributed by atoms with Gasteiger partial charge in [-0.15, -0.1) is 0 Å². The third kappa shape index (κ3) is 3.26. The highest BCUT2D eigenvalue weighted by Gasteiger charge is 2.20. The van der Waals surface area contributed by atoms with E-state index in [0.717, 1.165) is 33.4 Å². The summed E-state index contributed by atoms with van der Waals surface area (Å²) in [7, 11) is 6.53. The number of fused-ring (bicyclic) bond motifs is 2. The molecule has 2 heterocycles. The number of carbonyl (C=O) groups excluding carboxylic acids is 2. The maximum atomic E-state index is 12.1. The molecule has 4 aliphatic rings. The molecule has 0 saturated heterocycles. The van der Waals surface area contributed by atoms with Crippen molar-refractivity contribution in [2.45, 2.75) is 0 Å². The molecule has 152 valence electrons. The molecular weight excluding hydrogens is 380 g/mol. The van der Waals surface area contributed by atoms with Gasteiger partial charge in [-0.25, -0.2) is 9.59 Å². The molecule has 0 unspecified atom stereocenters. The van der Waals surface area contributed by atoms with Gasteiger partial charge in [0.05, 0.1) is 25.3 Å². The molecule has 0 radical (unpaired) electrons. The van der Waals surface area contributed by atoms with Crippen LogP contribution in [0.1, 0.15) is 31.8 Å². The van der Waals surface area contributed by atoms with Crippen molar-refractivity contribution < 1.29 is 19.1 Å². The molecule has 0 aromatic heterocycles. The SMILES string of the molecule is COC(=O)c1cn(C)cc2c(/C=C/c3ccc4c(C(=O)OC)cn(C)cc3-4)ccc1-2. The maximum Gasteiger partial charge on any atom is 0.339 e. The lowest BCUT2D eigenvalue weighted by Gasteiger charge is -2.11. The fourth-order valence-corrected chi connectivity index (χ4v) is 3.82. The number of hydrogen-bond acceptors (Lipinski definition) is 4. The normalized spacial score (nSPS) is 11.5. The van der Waals surface area contributed by atoms with Crippen LogP contribution in [0.5, 0.6) is 0 Å². The van der Waals surface area contributed by atoms with E-state index in [9.17, 15) is 9.59 Å². The van der Waals surface area contributed by atoms with E-state index in [-0.39, 0.29) is 11.9 Å². The molecule has 6 heteroatoms. The minimum Gasteiger partial charge on any atom is -0.465 e. The van der Waals surface area contributed by atoms with Crippen LogP contribution in [0.15, 0.2) is 49.1 Å². The first kappa shape index (κ1) is 19.5. The Balaban J connectivity index is 1.73. The Morgan fingerprint density at radius 2 is 1.07 bits per heavy atom. The third-order valence-electron chi connectivity index (χ3n) is 5.23. The number of nitrogens with zero attached hydrogens (tertiary/aromatic N) is 2. The van der Waals surface area contributed by atoms with E-state index in [4.69, 9.17) is 9.47 Å². The second-order valence-electron chi connectivity index (χ2n) is 7.22. The maximum absolute atomic E-state index is 12.1. The van der Waals surface area contributed by atoms with Crippen LogP contribution in [0.4, 0.5) is 0 Å². The van der Waals surface area contributed by atoms with Crippen molar-refractivity contribution in [2.75, 3.05) is 14.2 Å². The molecule has 0 aromatic rings. The number of rotatable bonds is 4. The number of carbonyl (C=O) groups is 2. The Morgan fingerprint density at radius 1 is 0.667 bits per heavy atom. The molecule has 0 amide bonds. The van der Waals surface area contributed by atoms with E-state index in [1.165, 1.54) is 14.2 Å². The second kappa shape index (κ2) is 7.55. The second-order valence-corrected chi connectivity index (χ2v) is 7.22. The summed E-state index contributed by atoms with van der Waals surface area (Å²) in [5.41, 5.74) is 6.69. The summed E-state index contributed by atoms with van der Waals surface area (Å²) < 4.78 is 13.5. The molecule has 6 nitrogen and oxygen atoms in total. The van der Waals surface area contributed by atoms with Crippen LogP contribution >= 0.6 is 0 Å². The summed E-state index contributed by atoms with van der Waals surface area (Å²) >= 11 is 0. The van der Waals surface area contributed by atoms with E-state index in [1.54, 1.807) is 12.4 Å². The van der Waals surface area contributed by atoms with Gasteiger partial charge < -0.3 is 18.6 Å². The van der Waals surface area contributed by atoms with E-state index in [0.29, 0.717) is 11.1 Å². The number of hydrogen-bond donors (Lipinski definition) is 0. The van der Waals surface area contributed by atoms with Gasteiger partial charge in [0, 0.05) is 50.0 Å². The number of esters is 2. The highest BCUT2D eigenvalue weighted by atomic mass is 16.5. The van der Waals surface area contributed by atoms with Crippen molar-refractivity contribution in [3.63, 3.8) is 0 Å². The van der Waals surface area contributed by atoms with Crippen molar-refractivity contribution in [1.29, 1.82) is 0 Å². The van der Waals surface area contributed by atoms with Gasteiger partial charge >= 0.3 is 11.9 Å². The van der Waals surface area contributed by atoms with Gasteiger partial charge in [-0.1, -0.05) is 36.4 Å². The lowest BCUT2D eigenvalue weighted by Crippen LogP contribution is -2.07. The molecule has 2 aliphatic heterocycles. The largest absolute Gasteiger partial charge is 0.465 e. The van der Waals surface area contributed by atoms with Gasteiger partial charge in [0.15, 0.2) is 0 Å². The Kier molecular flexibility index (Phi) is 4.91. The minimum absolute atomic E-state index is 0.359. The van der Waals surface area contributed by atoms with Gasteiger partial charge in [0.25, 0.3) is 0 Å². The fraction of sp³-hybridized carbons (Fsp3) is 0.167. The zero-order valence-electron chi connectivity index (χ0n) is 17.3. The first-order chi connectivity index (χ1) is 14.4. The predicted molar refractivity (Wildman–Crippen MR) is 116 cm³/mol. The Hall–Kier alpha value is -3.80. The van der Waals surface area contributed by atoms with Gasteiger partial charge in [-0.05, 0) is 22.3 Å². The van der Waals surface area contributed by atoms with Crippen LogP contribution in [0.3, 0.4) is 0 Å². The first-order valence-electron chi connectivity index (χ1n) is 9.45. The van der Waals surface area contributed by atoms with Gasteiger partial charge in [0.2, 0.25) is 0 Å². The number of aromatic nitrogens is 2. The van der Waals surface area contributed by atoms with Crippen molar-refractivity contribution >= 4 is 24.1 Å². The summed E-state index contributed by atoms with van der Waals surface area (Å²) in [6, 6.07) is 7.83. The van der Waals surface area contributed by atoms with Gasteiger partial charge in [-0.2, -0.15) is 0 Å². The molecule has 0 saturated carbocycles. The van der Waals surface area contributed by atoms with Crippen LogP contribution < -0.4 is 0 Å². The molecule has 0 N–H and O–H groups in total. The number of ether oxygens (including phenoxy) is 2. The molecule has 2 aliphatic carbocycles. The summed E-state index contributed by atoms with van der Waals surface area (Å²) in [6.45, 7) is 0. The minimum atomic E-state index is -0.359. The predicted octanol–water partition coefficient (Wildman–Crippen LogP) is 4.32. The molecule has 0 fully saturated rings. The van der Waals surface area contributed by atoms with E-state index < -0.39 is 0 Å². The van der Waals surface area contributed by atoms with Crippen LogP contribution in [-0.4, -0.2) is 35.3 Å². The molecular formula is C24H22N2O4. The van der Waals surface area contributed by atoms with Gasteiger partial charge in [0.1, 0.15) is 0 Å². The Morgan fingerprint density at radius 3 is 1.43 bits per heavy atom. The number of pyridine rings is 2. The monoisotopic (exact) mass is 402 g/mol. The quantitative estimate of drug-likeness (QED) is 0.477. The van der Waals surface area contributed by atoms with E-state index in [2.05, 4.69) is 0 Å². The van der Waals surface area contributed by atoms with E-state index in [1.807, 2.05) is 72.0 Å². The average molecular weight is 402 g/mol. The van der Waals surface area contributed by atoms with Crippen LogP contribution in [0, 0.1) is 0 Å². The highest BCUT2D eigenvalue weighted by molar-refractivity contribution is 6.01. The van der Waals surface area contributed by atoms with Gasteiger partial charge in [-0.3, -0.25) is 0 Å². The van der Waals surface area contributed by atoms with E-state index >= 15 is 0 Å². The van der Waals surface area contributed by atoms with Crippen molar-refractivity contribution in [3.8, 4) is 22.3 Å². The zero-order chi connectivity index (χ0) is 21.4. The van der Waals surface area contributed by atoms with Crippen molar-refractivity contribution in [2.24, 2.45) is 14.1 Å². The fourth-order valence-electron chi connectivity index (χ4n) is 3.82. The molecule has 0 spiro atoms. The first-order valence-corrected chi connectivity index (χ1v) is 9.45. The smallest absolute Gasteiger partial charge is 0.339 e. The third-order valence-corrected chi connectivity index (χ3v) is 5.23. The van der Waals surface area contributed by atoms with Crippen LogP contribution in [-0.2, 0) is 23.6 Å². The lowest BCUT2D eigenvalue weighted by molar-refractivity contribution is 0.0591. The molecule has 0 aromatic carbocycles. The molecule has 4 rings (SSSR count). The summed E-state index contributed by atoms with van der Waals surface area (Å²) in [5.74, 6) is -0.718. The highest BCUT2D eigenvalue weighted by Crippen LogP contribution is 2.35. The Bertz CT molecular complexity index is 1130. The summed E-state index contributed by atoms with van der Waals surface area (Å²) in [5, 5.41) is 0. The average Bonchev–Trinajstić information content (AvgIpc) is 3.33. The molecule has 30 heavy (non-hydrogen) atoms. The standard InChI is InChI=1S/C24H22N2O4/c1-25-11-19-15(7-9-17(19)21(13-25)23(27)29-3)5-6-16-8-10-18-20(16)12-26(2)14-22(18)24(28)30-4/h5-14H,1-4H3/b6-5+. The number of methoxy groups -OCH3 is 2. The zero-order valence-corrected chi connectivity index (χ0v) is 17.3. The Labute approximate surface area is 174 Å². The lowest BCUT2D eigenvalue weighted by atomic mass is 10.0. The van der Waals surface area contributed by atoms with Crippen LogP contribution in [0.25, 0.3) is 34.4 Å². The van der Waals surface area contributed by atoms with Crippen molar-refractivity contribution in [1.82, 2.24) is 9.13 Å². The number of aryl methyl sites for hydroxylation is 2. The summed E-state index contributed by atoms with van der Waals surface area (Å²) in [4.78, 5) is 24.3. The molecule has 0 atom stereocenters. The topological polar surface area (TPSA) is 62.5 Å². The van der Waals surface area contributed by atoms with Crippen molar-refractivity contribution in [3.05, 3.63) is 71.3 Å².